The van der Waals surface area contributed by atoms with Crippen molar-refractivity contribution in [1.82, 2.24) is 0 Å². The highest BCUT2D eigenvalue weighted by molar-refractivity contribution is 5.87. The maximum atomic E-state index is 12.6. The summed E-state index contributed by atoms with van der Waals surface area (Å²) in [7, 11) is 0. The number of hydrogen-bond donors (Lipinski definition) is 2. The maximum absolute atomic E-state index is 12.6. The number of ether oxygens (including phenoxy) is 1. The van der Waals surface area contributed by atoms with Crippen LogP contribution in [-0.2, 0) is 14.3 Å². The van der Waals surface area contributed by atoms with Crippen LogP contribution in [0.25, 0.3) is 0 Å². The van der Waals surface area contributed by atoms with Gasteiger partial charge in [-0.2, -0.15) is 0 Å². The van der Waals surface area contributed by atoms with E-state index < -0.39 is 5.97 Å². The number of fused-ring (bicyclic) bond motifs is 5. The van der Waals surface area contributed by atoms with Crippen molar-refractivity contribution < 1.29 is 24.5 Å². The lowest BCUT2D eigenvalue weighted by molar-refractivity contribution is -0.152. The second-order valence-electron chi connectivity index (χ2n) is 10.3. The molecule has 6 nitrogen and oxygen atoms in total. The number of hydrogen-bond acceptors (Lipinski definition) is 5. The molecule has 6 heteroatoms. The minimum Gasteiger partial charge on any atom is -0.480 e. The molecule has 0 saturated heterocycles. The summed E-state index contributed by atoms with van der Waals surface area (Å²) in [5.41, 5.74) is 1.11. The highest BCUT2D eigenvalue weighted by atomic mass is 16.5. The van der Waals surface area contributed by atoms with Gasteiger partial charge in [0.1, 0.15) is 12.4 Å². The molecule has 0 aliphatic heterocycles. The summed E-state index contributed by atoms with van der Waals surface area (Å²) < 4.78 is 5.08. The van der Waals surface area contributed by atoms with Gasteiger partial charge in [0.2, 0.25) is 0 Å². The maximum Gasteiger partial charge on any atom is 0.329 e. The smallest absolute Gasteiger partial charge is 0.329 e. The molecule has 4 rings (SSSR count). The van der Waals surface area contributed by atoms with Crippen molar-refractivity contribution in [3.8, 4) is 0 Å². The first kappa shape index (κ1) is 21.0. The van der Waals surface area contributed by atoms with Gasteiger partial charge < -0.3 is 14.9 Å². The van der Waals surface area contributed by atoms with Gasteiger partial charge in [0.25, 0.3) is 0 Å². The molecule has 0 bridgehead atoms. The minimum atomic E-state index is -0.960. The van der Waals surface area contributed by atoms with Crippen molar-refractivity contribution in [3.05, 3.63) is 0 Å². The van der Waals surface area contributed by atoms with Gasteiger partial charge >= 0.3 is 5.97 Å². The minimum absolute atomic E-state index is 0.119. The number of ketones is 1. The standard InChI is InChI=1S/C23H35NO5/c1-22-7-5-14(24-9-10-29-13-21(27)28)11-18(22)19(25)12-15-16-3-4-20(26)23(16,2)8-6-17(15)22/h15-19,25H,3-13H2,1-2H3,(H,27,28)/t15?,16?,17?,18-,19-,22-,23+/m1/s1. The number of aliphatic hydroxyl groups excluding tert-OH is 1. The van der Waals surface area contributed by atoms with Crippen LogP contribution in [0.3, 0.4) is 0 Å². The Balaban J connectivity index is 1.44. The number of aliphatic hydroxyl groups is 1. The molecule has 162 valence electrons. The Morgan fingerprint density at radius 3 is 2.72 bits per heavy atom. The molecule has 3 unspecified atom stereocenters. The number of nitrogens with zero attached hydrogens (tertiary/aromatic N) is 1. The largest absolute Gasteiger partial charge is 0.480 e. The van der Waals surface area contributed by atoms with E-state index in [1.165, 1.54) is 0 Å². The van der Waals surface area contributed by atoms with E-state index in [-0.39, 0.29) is 29.5 Å². The number of aliphatic imine (C=N–C) groups is 1. The first-order valence-corrected chi connectivity index (χ1v) is 11.3. The number of carboxylic acids is 1. The molecule has 0 radical (unpaired) electrons. The molecule has 0 spiro atoms. The Morgan fingerprint density at radius 1 is 1.17 bits per heavy atom. The van der Waals surface area contributed by atoms with Crippen LogP contribution in [-0.4, -0.2) is 53.5 Å². The number of carbonyl (C=O) groups is 2. The van der Waals surface area contributed by atoms with E-state index in [1.807, 2.05) is 0 Å². The van der Waals surface area contributed by atoms with Gasteiger partial charge in [-0.25, -0.2) is 4.79 Å². The van der Waals surface area contributed by atoms with E-state index in [0.717, 1.165) is 57.1 Å². The first-order chi connectivity index (χ1) is 13.8. The zero-order chi connectivity index (χ0) is 20.8. The Morgan fingerprint density at radius 2 is 1.97 bits per heavy atom. The van der Waals surface area contributed by atoms with Gasteiger partial charge in [-0.3, -0.25) is 9.79 Å². The van der Waals surface area contributed by atoms with Crippen LogP contribution < -0.4 is 0 Å². The topological polar surface area (TPSA) is 96.2 Å². The van der Waals surface area contributed by atoms with Crippen LogP contribution in [0.5, 0.6) is 0 Å². The van der Waals surface area contributed by atoms with Crippen LogP contribution in [0.1, 0.15) is 65.2 Å². The Hall–Kier alpha value is -1.27. The van der Waals surface area contributed by atoms with Gasteiger partial charge in [0, 0.05) is 17.5 Å². The summed E-state index contributed by atoms with van der Waals surface area (Å²) in [6.45, 7) is 5.08. The molecule has 2 N–H and O–H groups in total. The molecule has 4 saturated carbocycles. The fourth-order valence-electron chi connectivity index (χ4n) is 7.44. The second kappa shape index (κ2) is 7.77. The number of carboxylic acid groups (broad SMARTS) is 1. The van der Waals surface area contributed by atoms with Crippen molar-refractivity contribution in [2.75, 3.05) is 19.8 Å². The number of rotatable bonds is 5. The molecule has 0 aromatic rings. The summed E-state index contributed by atoms with van der Waals surface area (Å²) in [5.74, 6) is 1.24. The van der Waals surface area contributed by atoms with Gasteiger partial charge in [0.15, 0.2) is 0 Å². The third-order valence-corrected chi connectivity index (χ3v) is 9.02. The van der Waals surface area contributed by atoms with Gasteiger partial charge in [-0.1, -0.05) is 13.8 Å². The molecular formula is C23H35NO5. The van der Waals surface area contributed by atoms with Gasteiger partial charge in [0.05, 0.1) is 19.3 Å². The highest BCUT2D eigenvalue weighted by Gasteiger charge is 2.61. The molecule has 0 aromatic heterocycles. The molecule has 0 amide bonds. The number of aliphatic carboxylic acids is 1. The predicted molar refractivity (Wildman–Crippen MR) is 109 cm³/mol. The summed E-state index contributed by atoms with van der Waals surface area (Å²) in [6.07, 6.45) is 7.18. The average molecular weight is 406 g/mol. The van der Waals surface area contributed by atoms with E-state index in [2.05, 4.69) is 18.8 Å². The first-order valence-electron chi connectivity index (χ1n) is 11.3. The SMILES string of the molecule is C[C@]12CCC3C(C[C@@H](O)[C@H]4CC(=NCCOCC(=O)O)CC[C@]34C)C1CCC2=O. The zero-order valence-electron chi connectivity index (χ0n) is 17.7. The quantitative estimate of drug-likeness (QED) is 0.685. The number of Topliss-reactive ketones (excluding diaryl/α,β-unsaturated/α-hetero) is 1. The molecule has 29 heavy (non-hydrogen) atoms. The summed E-state index contributed by atoms with van der Waals surface area (Å²) >= 11 is 0. The summed E-state index contributed by atoms with van der Waals surface area (Å²) in [4.78, 5) is 27.7. The molecule has 4 fully saturated rings. The van der Waals surface area contributed by atoms with Crippen LogP contribution in [0.2, 0.25) is 0 Å². The molecule has 7 atom stereocenters. The Labute approximate surface area is 173 Å². The monoisotopic (exact) mass is 405 g/mol. The molecular weight excluding hydrogens is 370 g/mol. The van der Waals surface area contributed by atoms with Crippen LogP contribution in [0.4, 0.5) is 0 Å². The predicted octanol–water partition coefficient (Wildman–Crippen LogP) is 3.11. The molecule has 4 aliphatic rings. The Bertz CT molecular complexity index is 705. The van der Waals surface area contributed by atoms with Gasteiger partial charge in [-0.05, 0) is 74.0 Å². The van der Waals surface area contributed by atoms with E-state index >= 15 is 0 Å². The van der Waals surface area contributed by atoms with Crippen molar-refractivity contribution in [3.63, 3.8) is 0 Å². The lowest BCUT2D eigenvalue weighted by Crippen LogP contribution is -2.57. The van der Waals surface area contributed by atoms with E-state index in [9.17, 15) is 14.7 Å². The third kappa shape index (κ3) is 3.56. The lowest BCUT2D eigenvalue weighted by Gasteiger charge is -2.60. The fourth-order valence-corrected chi connectivity index (χ4v) is 7.44. The zero-order valence-corrected chi connectivity index (χ0v) is 17.7. The Kier molecular flexibility index (Phi) is 5.62. The van der Waals surface area contributed by atoms with Crippen LogP contribution in [0.15, 0.2) is 4.99 Å². The van der Waals surface area contributed by atoms with Crippen LogP contribution in [0, 0.1) is 34.5 Å². The highest BCUT2D eigenvalue weighted by Crippen LogP contribution is 2.65. The van der Waals surface area contributed by atoms with E-state index in [4.69, 9.17) is 9.84 Å². The molecule has 4 aliphatic carbocycles. The van der Waals surface area contributed by atoms with Crippen molar-refractivity contribution in [2.24, 2.45) is 39.5 Å². The van der Waals surface area contributed by atoms with E-state index in [1.54, 1.807) is 0 Å². The van der Waals surface area contributed by atoms with Crippen LogP contribution >= 0.6 is 0 Å². The average Bonchev–Trinajstić information content (AvgIpc) is 2.97. The summed E-state index contributed by atoms with van der Waals surface area (Å²) in [6, 6.07) is 0. The van der Waals surface area contributed by atoms with Crippen molar-refractivity contribution >= 4 is 17.5 Å². The third-order valence-electron chi connectivity index (χ3n) is 9.02. The van der Waals surface area contributed by atoms with Crippen molar-refractivity contribution in [1.29, 1.82) is 0 Å². The molecule has 0 heterocycles. The second-order valence-corrected chi connectivity index (χ2v) is 10.3. The summed E-state index contributed by atoms with van der Waals surface area (Å²) in [5, 5.41) is 19.8. The van der Waals surface area contributed by atoms with Crippen molar-refractivity contribution in [2.45, 2.75) is 71.3 Å². The number of carbonyl (C=O) groups excluding carboxylic acids is 1. The van der Waals surface area contributed by atoms with E-state index in [0.29, 0.717) is 36.7 Å². The fraction of sp³-hybridized carbons (Fsp3) is 0.870. The van der Waals surface area contributed by atoms with Gasteiger partial charge in [-0.15, -0.1) is 0 Å². The lowest BCUT2D eigenvalue weighted by atomic mass is 9.44. The molecule has 0 aromatic carbocycles. The normalized spacial score (nSPS) is 45.6.